The molecule has 54 valence electrons. The number of hydrogen-bond donors (Lipinski definition) is 0. The van der Waals surface area contributed by atoms with Crippen LogP contribution in [0.3, 0.4) is 0 Å². The Bertz CT molecular complexity index is 83.4. The van der Waals surface area contributed by atoms with Crippen LogP contribution in [0.15, 0.2) is 12.7 Å². The van der Waals surface area contributed by atoms with Gasteiger partial charge in [-0.05, 0) is 12.5 Å². The van der Waals surface area contributed by atoms with E-state index in [4.69, 9.17) is 11.1 Å². The Balaban J connectivity index is 3.17. The van der Waals surface area contributed by atoms with Crippen LogP contribution < -0.4 is 0 Å². The highest BCUT2D eigenvalue weighted by molar-refractivity contribution is 7.19. The van der Waals surface area contributed by atoms with Crippen molar-refractivity contribution in [1.82, 2.24) is 0 Å². The zero-order chi connectivity index (χ0) is 7.33. The second kappa shape index (κ2) is 4.12. The maximum atomic E-state index is 6.07. The third-order valence-corrected chi connectivity index (χ3v) is 3.29. The van der Waals surface area contributed by atoms with Crippen LogP contribution in [0, 0.1) is 0 Å². The molecule has 0 bridgehead atoms. The summed E-state index contributed by atoms with van der Waals surface area (Å²) in [5, 5.41) is 0. The van der Waals surface area contributed by atoms with Gasteiger partial charge >= 0.3 is 0 Å². The molecule has 0 saturated heterocycles. The van der Waals surface area contributed by atoms with Gasteiger partial charge < -0.3 is 0 Å². The summed E-state index contributed by atoms with van der Waals surface area (Å²) in [5.41, 5.74) is 0. The minimum atomic E-state index is -1.27. The number of halogens is 1. The smallest absolute Gasteiger partial charge is 0.150 e. The first-order valence-electron chi connectivity index (χ1n) is 3.36. The van der Waals surface area contributed by atoms with Crippen molar-refractivity contribution in [2.24, 2.45) is 0 Å². The Morgan fingerprint density at radius 2 is 2.11 bits per heavy atom. The maximum Gasteiger partial charge on any atom is 0.150 e. The zero-order valence-electron chi connectivity index (χ0n) is 6.28. The molecule has 0 aliphatic heterocycles. The Morgan fingerprint density at radius 1 is 1.56 bits per heavy atom. The lowest BCUT2D eigenvalue weighted by Gasteiger charge is -2.10. The lowest BCUT2D eigenvalue weighted by molar-refractivity contribution is 0.943. The van der Waals surface area contributed by atoms with Crippen LogP contribution in [0.5, 0.6) is 0 Å². The Kier molecular flexibility index (Phi) is 4.24. The van der Waals surface area contributed by atoms with Crippen molar-refractivity contribution in [2.75, 3.05) is 0 Å². The first-order chi connectivity index (χ1) is 4.06. The molecule has 0 aromatic carbocycles. The van der Waals surface area contributed by atoms with E-state index in [-0.39, 0.29) is 0 Å². The average molecular weight is 163 g/mol. The number of hydrogen-bond acceptors (Lipinski definition) is 0. The van der Waals surface area contributed by atoms with Crippen LogP contribution in [0.1, 0.15) is 12.8 Å². The van der Waals surface area contributed by atoms with Crippen LogP contribution in [0.4, 0.5) is 0 Å². The number of allylic oxidation sites excluding steroid dienone is 1. The fraction of sp³-hybridized carbons (Fsp3) is 0.714. The fourth-order valence-electron chi connectivity index (χ4n) is 0.667. The molecule has 0 fully saturated rings. The van der Waals surface area contributed by atoms with Gasteiger partial charge in [0.2, 0.25) is 0 Å². The predicted octanol–water partition coefficient (Wildman–Crippen LogP) is 3.40. The third-order valence-electron chi connectivity index (χ3n) is 1.18. The Morgan fingerprint density at radius 3 is 2.44 bits per heavy atom. The summed E-state index contributed by atoms with van der Waals surface area (Å²) in [5.74, 6) is 0. The van der Waals surface area contributed by atoms with E-state index in [0.29, 0.717) is 0 Å². The molecule has 9 heavy (non-hydrogen) atoms. The molecule has 0 radical (unpaired) electrons. The third kappa shape index (κ3) is 8.25. The van der Waals surface area contributed by atoms with Crippen molar-refractivity contribution in [3.05, 3.63) is 12.7 Å². The molecule has 0 aliphatic rings. The largest absolute Gasteiger partial charge is 0.168 e. The molecule has 0 aromatic heterocycles. The molecule has 0 rings (SSSR count). The molecule has 0 amide bonds. The van der Waals surface area contributed by atoms with E-state index in [1.165, 1.54) is 12.5 Å². The molecular weight excluding hydrogens is 148 g/mol. The summed E-state index contributed by atoms with van der Waals surface area (Å²) in [6.07, 6.45) is 4.28. The maximum absolute atomic E-state index is 6.07. The van der Waals surface area contributed by atoms with Crippen molar-refractivity contribution < 1.29 is 0 Å². The van der Waals surface area contributed by atoms with Crippen molar-refractivity contribution in [1.29, 1.82) is 0 Å². The summed E-state index contributed by atoms with van der Waals surface area (Å²) in [6.45, 7) is 8.01. The molecule has 0 saturated carbocycles. The van der Waals surface area contributed by atoms with Crippen LogP contribution in [0.25, 0.3) is 0 Å². The monoisotopic (exact) mass is 162 g/mol. The van der Waals surface area contributed by atoms with Gasteiger partial charge in [0.1, 0.15) is 0 Å². The zero-order valence-corrected chi connectivity index (χ0v) is 8.04. The van der Waals surface area contributed by atoms with Gasteiger partial charge in [0, 0.05) is 0 Å². The highest BCUT2D eigenvalue weighted by Crippen LogP contribution is 2.17. The standard InChI is InChI=1S/C7H15ClSi/c1-4-5-6-7-9(2,3)8/h4H,1,5-7H2,2-3H3. The molecule has 0 aromatic rings. The average Bonchev–Trinajstić information content (AvgIpc) is 1.63. The van der Waals surface area contributed by atoms with Gasteiger partial charge in [-0.1, -0.05) is 25.6 Å². The Hall–Kier alpha value is 0.247. The Labute approximate surface area is 63.6 Å². The predicted molar refractivity (Wildman–Crippen MR) is 47.6 cm³/mol. The molecule has 0 unspecified atom stereocenters. The van der Waals surface area contributed by atoms with Crippen LogP contribution in [-0.4, -0.2) is 7.38 Å². The van der Waals surface area contributed by atoms with Gasteiger partial charge in [0.25, 0.3) is 0 Å². The van der Waals surface area contributed by atoms with Gasteiger partial charge in [-0.3, -0.25) is 0 Å². The summed E-state index contributed by atoms with van der Waals surface area (Å²) in [4.78, 5) is 0. The van der Waals surface area contributed by atoms with E-state index < -0.39 is 7.38 Å². The van der Waals surface area contributed by atoms with Crippen LogP contribution >= 0.6 is 11.1 Å². The van der Waals surface area contributed by atoms with Gasteiger partial charge in [0.05, 0.1) is 0 Å². The van der Waals surface area contributed by atoms with Gasteiger partial charge in [-0.25, -0.2) is 0 Å². The minimum absolute atomic E-state index is 1.11. The second-order valence-electron chi connectivity index (χ2n) is 2.90. The molecule has 0 nitrogen and oxygen atoms in total. The fourth-order valence-corrected chi connectivity index (χ4v) is 2.11. The van der Waals surface area contributed by atoms with E-state index in [9.17, 15) is 0 Å². The minimum Gasteiger partial charge on any atom is -0.168 e. The quantitative estimate of drug-likeness (QED) is 0.257. The first kappa shape index (κ1) is 9.25. The van der Waals surface area contributed by atoms with E-state index in [1.54, 1.807) is 0 Å². The summed E-state index contributed by atoms with van der Waals surface area (Å²) in [6, 6.07) is 1.21. The topological polar surface area (TPSA) is 0 Å². The molecule has 2 heteroatoms. The van der Waals surface area contributed by atoms with Crippen molar-refractivity contribution in [2.45, 2.75) is 32.0 Å². The van der Waals surface area contributed by atoms with Gasteiger partial charge in [-0.2, -0.15) is 11.1 Å². The highest BCUT2D eigenvalue weighted by Gasteiger charge is 2.14. The van der Waals surface area contributed by atoms with Gasteiger partial charge in [-0.15, -0.1) is 6.58 Å². The number of unbranched alkanes of at least 4 members (excludes halogenated alkanes) is 1. The lowest BCUT2D eigenvalue weighted by Crippen LogP contribution is -2.14. The van der Waals surface area contributed by atoms with Gasteiger partial charge in [0.15, 0.2) is 7.38 Å². The van der Waals surface area contributed by atoms with E-state index in [0.717, 1.165) is 6.42 Å². The number of rotatable bonds is 4. The molecular formula is C7H15ClSi. The highest BCUT2D eigenvalue weighted by atomic mass is 35.6. The molecule has 0 spiro atoms. The van der Waals surface area contributed by atoms with E-state index in [2.05, 4.69) is 19.7 Å². The molecule has 0 heterocycles. The van der Waals surface area contributed by atoms with E-state index in [1.807, 2.05) is 6.08 Å². The SMILES string of the molecule is C=CCCC[Si](C)(C)Cl. The van der Waals surface area contributed by atoms with Crippen molar-refractivity contribution in [3.63, 3.8) is 0 Å². The van der Waals surface area contributed by atoms with Crippen molar-refractivity contribution >= 4 is 18.5 Å². The first-order valence-corrected chi connectivity index (χ1v) is 7.58. The summed E-state index contributed by atoms with van der Waals surface area (Å²) in [7, 11) is -1.27. The van der Waals surface area contributed by atoms with Crippen LogP contribution in [-0.2, 0) is 0 Å². The normalized spacial score (nSPS) is 11.4. The molecule has 0 aliphatic carbocycles. The second-order valence-corrected chi connectivity index (χ2v) is 9.91. The van der Waals surface area contributed by atoms with E-state index >= 15 is 0 Å². The lowest BCUT2D eigenvalue weighted by atomic mass is 10.3. The summed E-state index contributed by atoms with van der Waals surface area (Å²) < 4.78 is 0. The summed E-state index contributed by atoms with van der Waals surface area (Å²) >= 11 is 6.07. The molecule has 0 N–H and O–H groups in total. The van der Waals surface area contributed by atoms with Crippen LogP contribution in [0.2, 0.25) is 19.1 Å². The van der Waals surface area contributed by atoms with Crippen molar-refractivity contribution in [3.8, 4) is 0 Å². The molecule has 0 atom stereocenters.